The van der Waals surface area contributed by atoms with Crippen LogP contribution in [0.3, 0.4) is 0 Å². The molecule has 1 aromatic heterocycles. The van der Waals surface area contributed by atoms with E-state index in [4.69, 9.17) is 4.74 Å². The van der Waals surface area contributed by atoms with Crippen LogP contribution in [-0.4, -0.2) is 33.3 Å². The SMILES string of the molecule is O=C(COc1c(Br)cc(C=Nn2c(=O)[nH]c3ccccc3c2=O)cc1[N+](=O)[O-])Nc1ccccc1F. The average molecular weight is 556 g/mol. The molecule has 0 unspecified atom stereocenters. The summed E-state index contributed by atoms with van der Waals surface area (Å²) in [6.45, 7) is -0.636. The highest BCUT2D eigenvalue weighted by atomic mass is 79.9. The van der Waals surface area contributed by atoms with E-state index in [-0.39, 0.29) is 26.9 Å². The number of nitro benzene ring substituents is 1. The highest BCUT2D eigenvalue weighted by Gasteiger charge is 2.21. The van der Waals surface area contributed by atoms with Gasteiger partial charge in [-0.25, -0.2) is 9.18 Å². The zero-order valence-electron chi connectivity index (χ0n) is 18.1. The summed E-state index contributed by atoms with van der Waals surface area (Å²) in [7, 11) is 0. The molecule has 1 heterocycles. The molecule has 4 aromatic rings. The predicted octanol–water partition coefficient (Wildman–Crippen LogP) is 3.40. The van der Waals surface area contributed by atoms with Gasteiger partial charge in [-0.2, -0.15) is 5.10 Å². The van der Waals surface area contributed by atoms with Gasteiger partial charge in [0.1, 0.15) is 5.82 Å². The molecule has 182 valence electrons. The Balaban J connectivity index is 1.59. The van der Waals surface area contributed by atoms with Gasteiger partial charge >= 0.3 is 11.4 Å². The van der Waals surface area contributed by atoms with Crippen LogP contribution in [0.5, 0.6) is 5.75 Å². The fourth-order valence-electron chi connectivity index (χ4n) is 3.22. The van der Waals surface area contributed by atoms with E-state index in [9.17, 15) is 28.9 Å². The third-order valence-electron chi connectivity index (χ3n) is 4.84. The Morgan fingerprint density at radius 2 is 1.92 bits per heavy atom. The number of aromatic amines is 1. The minimum absolute atomic E-state index is 0.0647. The molecular formula is C23H15BrFN5O6. The third-order valence-corrected chi connectivity index (χ3v) is 5.43. The lowest BCUT2D eigenvalue weighted by Gasteiger charge is -2.10. The second-order valence-electron chi connectivity index (χ2n) is 7.26. The normalized spacial score (nSPS) is 11.1. The van der Waals surface area contributed by atoms with Crippen LogP contribution < -0.4 is 21.3 Å². The second-order valence-corrected chi connectivity index (χ2v) is 8.12. The summed E-state index contributed by atoms with van der Waals surface area (Å²) >= 11 is 3.16. The molecule has 2 N–H and O–H groups in total. The number of nitrogens with zero attached hydrogens (tertiary/aromatic N) is 3. The quantitative estimate of drug-likeness (QED) is 0.203. The number of benzene rings is 3. The first-order valence-corrected chi connectivity index (χ1v) is 11.0. The number of rotatable bonds is 7. The fraction of sp³-hybridized carbons (Fsp3) is 0.0435. The number of para-hydroxylation sites is 2. The molecule has 4 rings (SSSR count). The summed E-state index contributed by atoms with van der Waals surface area (Å²) in [6, 6.07) is 14.4. The van der Waals surface area contributed by atoms with Crippen molar-refractivity contribution in [2.45, 2.75) is 0 Å². The summed E-state index contributed by atoms with van der Waals surface area (Å²) in [6.07, 6.45) is 1.10. The minimum Gasteiger partial charge on any atom is -0.476 e. The Hall–Kier alpha value is -4.65. The van der Waals surface area contributed by atoms with Crippen molar-refractivity contribution in [3.8, 4) is 5.75 Å². The number of fused-ring (bicyclic) bond motifs is 1. The van der Waals surface area contributed by atoms with Crippen LogP contribution in [0.4, 0.5) is 15.8 Å². The van der Waals surface area contributed by atoms with E-state index < -0.39 is 40.2 Å². The number of hydrogen-bond donors (Lipinski definition) is 2. The molecule has 0 saturated carbocycles. The highest BCUT2D eigenvalue weighted by Crippen LogP contribution is 2.36. The van der Waals surface area contributed by atoms with E-state index in [1.165, 1.54) is 30.3 Å². The first kappa shape index (κ1) is 24.5. The molecule has 1 amide bonds. The van der Waals surface area contributed by atoms with E-state index >= 15 is 0 Å². The zero-order chi connectivity index (χ0) is 25.8. The lowest BCUT2D eigenvalue weighted by atomic mass is 10.2. The molecule has 13 heteroatoms. The molecule has 36 heavy (non-hydrogen) atoms. The predicted molar refractivity (Wildman–Crippen MR) is 133 cm³/mol. The Bertz CT molecular complexity index is 1650. The van der Waals surface area contributed by atoms with E-state index in [1.807, 2.05) is 0 Å². The molecule has 3 aromatic carbocycles. The topological polar surface area (TPSA) is 149 Å². The van der Waals surface area contributed by atoms with Crippen LogP contribution in [0, 0.1) is 15.9 Å². The highest BCUT2D eigenvalue weighted by molar-refractivity contribution is 9.10. The van der Waals surface area contributed by atoms with Gasteiger partial charge < -0.3 is 15.0 Å². The number of halogens is 2. The van der Waals surface area contributed by atoms with Crippen LogP contribution >= 0.6 is 15.9 Å². The number of aromatic nitrogens is 2. The third kappa shape index (κ3) is 5.20. The largest absolute Gasteiger partial charge is 0.476 e. The number of carbonyl (C=O) groups excluding carboxylic acids is 1. The number of anilines is 1. The molecule has 0 bridgehead atoms. The molecule has 0 saturated heterocycles. The van der Waals surface area contributed by atoms with Gasteiger partial charge in [-0.05, 0) is 46.3 Å². The van der Waals surface area contributed by atoms with Gasteiger partial charge in [0.05, 0.1) is 32.2 Å². The summed E-state index contributed by atoms with van der Waals surface area (Å²) in [5.41, 5.74) is -1.52. The first-order chi connectivity index (χ1) is 17.2. The monoisotopic (exact) mass is 555 g/mol. The van der Waals surface area contributed by atoms with Crippen molar-refractivity contribution in [2.24, 2.45) is 5.10 Å². The van der Waals surface area contributed by atoms with Crippen LogP contribution in [0.2, 0.25) is 0 Å². The van der Waals surface area contributed by atoms with Gasteiger partial charge in [-0.1, -0.05) is 24.3 Å². The summed E-state index contributed by atoms with van der Waals surface area (Å²) in [4.78, 5) is 50.4. The van der Waals surface area contributed by atoms with Crippen LogP contribution in [0.1, 0.15) is 5.56 Å². The van der Waals surface area contributed by atoms with Crippen molar-refractivity contribution < 1.29 is 18.8 Å². The fourth-order valence-corrected chi connectivity index (χ4v) is 3.80. The van der Waals surface area contributed by atoms with E-state index in [0.717, 1.165) is 18.3 Å². The molecule has 0 atom stereocenters. The molecule has 0 aliphatic carbocycles. The van der Waals surface area contributed by atoms with E-state index in [2.05, 4.69) is 31.3 Å². The lowest BCUT2D eigenvalue weighted by molar-refractivity contribution is -0.385. The van der Waals surface area contributed by atoms with Gasteiger partial charge in [0.15, 0.2) is 6.61 Å². The van der Waals surface area contributed by atoms with Gasteiger partial charge in [-0.3, -0.25) is 19.7 Å². The Morgan fingerprint density at radius 3 is 2.67 bits per heavy atom. The lowest BCUT2D eigenvalue weighted by Crippen LogP contribution is -2.32. The standard InChI is InChI=1S/C23H15BrFN5O6/c24-15-9-13(11-26-29-22(32)14-5-1-3-7-17(14)28-23(29)33)10-19(30(34)35)21(15)36-12-20(31)27-18-8-4-2-6-16(18)25/h1-11H,12H2,(H,27,31)(H,28,33). The number of nitrogens with one attached hydrogen (secondary N) is 2. The smallest absolute Gasteiger partial charge is 0.349 e. The summed E-state index contributed by atoms with van der Waals surface area (Å²) in [5, 5.41) is 18.1. The van der Waals surface area contributed by atoms with Gasteiger partial charge in [0.2, 0.25) is 5.75 Å². The van der Waals surface area contributed by atoms with E-state index in [0.29, 0.717) is 10.2 Å². The first-order valence-electron chi connectivity index (χ1n) is 10.2. The molecule has 11 nitrogen and oxygen atoms in total. The number of nitro groups is 1. The van der Waals surface area contributed by atoms with Crippen LogP contribution in [0.15, 0.2) is 79.8 Å². The summed E-state index contributed by atoms with van der Waals surface area (Å²) < 4.78 is 19.7. The molecular weight excluding hydrogens is 541 g/mol. The number of carbonyl (C=O) groups is 1. The Morgan fingerprint density at radius 1 is 1.19 bits per heavy atom. The molecule has 0 aliphatic rings. The maximum absolute atomic E-state index is 13.7. The molecule has 0 aliphatic heterocycles. The average Bonchev–Trinajstić information content (AvgIpc) is 2.84. The second kappa shape index (κ2) is 10.3. The minimum atomic E-state index is -0.788. The number of ether oxygens (including phenoxy) is 1. The van der Waals surface area contributed by atoms with Crippen LogP contribution in [0.25, 0.3) is 10.9 Å². The Labute approximate surface area is 209 Å². The van der Waals surface area contributed by atoms with E-state index in [1.54, 1.807) is 18.2 Å². The molecule has 0 fully saturated rings. The van der Waals surface area contributed by atoms with Crippen molar-refractivity contribution in [3.05, 3.63) is 107 Å². The van der Waals surface area contributed by atoms with Gasteiger partial charge in [0, 0.05) is 11.6 Å². The van der Waals surface area contributed by atoms with Gasteiger partial charge in [0.25, 0.3) is 11.5 Å². The molecule has 0 radical (unpaired) electrons. The van der Waals surface area contributed by atoms with Crippen molar-refractivity contribution in [3.63, 3.8) is 0 Å². The molecule has 0 spiro atoms. The van der Waals surface area contributed by atoms with Crippen molar-refractivity contribution in [2.75, 3.05) is 11.9 Å². The van der Waals surface area contributed by atoms with Crippen molar-refractivity contribution in [1.29, 1.82) is 0 Å². The van der Waals surface area contributed by atoms with Crippen molar-refractivity contribution in [1.82, 2.24) is 9.66 Å². The van der Waals surface area contributed by atoms with Gasteiger partial charge in [-0.15, -0.1) is 4.68 Å². The Kier molecular flexibility index (Phi) is 7.01. The van der Waals surface area contributed by atoms with Crippen molar-refractivity contribution >= 4 is 50.3 Å². The maximum Gasteiger partial charge on any atom is 0.349 e. The van der Waals surface area contributed by atoms with Crippen LogP contribution in [-0.2, 0) is 4.79 Å². The number of amides is 1. The zero-order valence-corrected chi connectivity index (χ0v) is 19.7. The summed E-state index contributed by atoms with van der Waals surface area (Å²) in [5.74, 6) is -1.63. The number of hydrogen-bond acceptors (Lipinski definition) is 7. The maximum atomic E-state index is 13.7. The number of H-pyrrole nitrogens is 1.